The van der Waals surface area contributed by atoms with Crippen LogP contribution in [0.5, 0.6) is 0 Å². The number of nitrogens with zero attached hydrogens (tertiary/aromatic N) is 2. The Hall–Kier alpha value is -2.67. The van der Waals surface area contributed by atoms with Gasteiger partial charge >= 0.3 is 0 Å². The van der Waals surface area contributed by atoms with Crippen LogP contribution in [0, 0.1) is 5.92 Å². The van der Waals surface area contributed by atoms with E-state index in [-0.39, 0.29) is 11.8 Å². The Morgan fingerprint density at radius 1 is 1.15 bits per heavy atom. The lowest BCUT2D eigenvalue weighted by molar-refractivity contribution is -0.118. The molecule has 0 radical (unpaired) electrons. The molecular weight excluding hydrogens is 346 g/mol. The van der Waals surface area contributed by atoms with Crippen molar-refractivity contribution in [1.29, 1.82) is 0 Å². The number of hydrogen-bond donors (Lipinski definition) is 2. The molecule has 7 heteroatoms. The SMILES string of the molecule is CC[C@H](C)C1C(=O)Nc2ccccc2CN1c1c(N2CC(O)C2)c(=O)c1=O. The Balaban J connectivity index is 1.81. The van der Waals surface area contributed by atoms with Gasteiger partial charge in [0, 0.05) is 25.3 Å². The van der Waals surface area contributed by atoms with E-state index in [1.54, 1.807) is 9.80 Å². The molecule has 2 aliphatic heterocycles. The zero-order valence-corrected chi connectivity index (χ0v) is 15.4. The molecule has 1 fully saturated rings. The number of carbonyl (C=O) groups excluding carboxylic acids is 1. The summed E-state index contributed by atoms with van der Waals surface area (Å²) in [7, 11) is 0. The van der Waals surface area contributed by atoms with Crippen molar-refractivity contribution in [3.8, 4) is 0 Å². The van der Waals surface area contributed by atoms with Gasteiger partial charge in [0.05, 0.1) is 6.10 Å². The van der Waals surface area contributed by atoms with E-state index in [0.717, 1.165) is 17.7 Å². The smallest absolute Gasteiger partial charge is 0.253 e. The topological polar surface area (TPSA) is 89.9 Å². The van der Waals surface area contributed by atoms with E-state index in [2.05, 4.69) is 5.32 Å². The number of carbonyl (C=O) groups is 1. The van der Waals surface area contributed by atoms with Gasteiger partial charge in [-0.05, 0) is 17.5 Å². The summed E-state index contributed by atoms with van der Waals surface area (Å²) in [5, 5.41) is 12.6. The summed E-state index contributed by atoms with van der Waals surface area (Å²) in [5.41, 5.74) is 1.21. The first kappa shape index (κ1) is 17.7. The average molecular weight is 369 g/mol. The molecule has 0 saturated carbocycles. The number of benzene rings is 1. The minimum absolute atomic E-state index is 0.00135. The van der Waals surface area contributed by atoms with Gasteiger partial charge in [0.25, 0.3) is 10.9 Å². The molecule has 2 aromatic rings. The third-order valence-corrected chi connectivity index (χ3v) is 5.73. The first-order valence-corrected chi connectivity index (χ1v) is 9.34. The van der Waals surface area contributed by atoms with Crippen molar-refractivity contribution < 1.29 is 9.90 Å². The van der Waals surface area contributed by atoms with Gasteiger partial charge in [0.15, 0.2) is 0 Å². The fourth-order valence-electron chi connectivity index (χ4n) is 3.98. The molecule has 0 spiro atoms. The Kier molecular flexibility index (Phi) is 4.26. The van der Waals surface area contributed by atoms with Gasteiger partial charge in [-0.25, -0.2) is 0 Å². The van der Waals surface area contributed by atoms with Gasteiger partial charge in [-0.3, -0.25) is 14.4 Å². The quantitative estimate of drug-likeness (QED) is 0.776. The highest BCUT2D eigenvalue weighted by atomic mass is 16.3. The van der Waals surface area contributed by atoms with Crippen LogP contribution in [0.25, 0.3) is 0 Å². The van der Waals surface area contributed by atoms with Gasteiger partial charge in [0.2, 0.25) is 5.91 Å². The number of anilines is 3. The highest BCUT2D eigenvalue weighted by Crippen LogP contribution is 2.35. The van der Waals surface area contributed by atoms with Crippen LogP contribution in [0.4, 0.5) is 17.1 Å². The fourth-order valence-corrected chi connectivity index (χ4v) is 3.98. The molecule has 27 heavy (non-hydrogen) atoms. The van der Waals surface area contributed by atoms with Gasteiger partial charge < -0.3 is 20.2 Å². The van der Waals surface area contributed by atoms with Crippen molar-refractivity contribution >= 4 is 23.0 Å². The lowest BCUT2D eigenvalue weighted by Gasteiger charge is -2.42. The van der Waals surface area contributed by atoms with E-state index in [1.165, 1.54) is 0 Å². The second kappa shape index (κ2) is 6.49. The van der Waals surface area contributed by atoms with Crippen LogP contribution < -0.4 is 26.0 Å². The minimum atomic E-state index is -0.549. The van der Waals surface area contributed by atoms with Gasteiger partial charge in [-0.15, -0.1) is 0 Å². The molecular formula is C20H23N3O4. The predicted octanol–water partition coefficient (Wildman–Crippen LogP) is 0.837. The molecule has 2 N–H and O–H groups in total. The van der Waals surface area contributed by atoms with Crippen LogP contribution in [0.2, 0.25) is 0 Å². The van der Waals surface area contributed by atoms with Crippen molar-refractivity contribution in [1.82, 2.24) is 0 Å². The summed E-state index contributed by atoms with van der Waals surface area (Å²) in [4.78, 5) is 41.3. The number of rotatable bonds is 4. The number of aliphatic hydroxyl groups excluding tert-OH is 1. The van der Waals surface area contributed by atoms with E-state index in [1.807, 2.05) is 38.1 Å². The van der Waals surface area contributed by atoms with Crippen molar-refractivity contribution in [3.05, 3.63) is 50.3 Å². The largest absolute Gasteiger partial charge is 0.389 e. The normalized spacial score (nSPS) is 21.4. The van der Waals surface area contributed by atoms with E-state index in [0.29, 0.717) is 31.0 Å². The maximum atomic E-state index is 13.0. The van der Waals surface area contributed by atoms with Crippen molar-refractivity contribution in [2.45, 2.75) is 39.0 Å². The molecule has 4 rings (SSSR count). The molecule has 2 heterocycles. The Bertz CT molecular complexity index is 957. The number of nitrogens with one attached hydrogen (secondary N) is 1. The summed E-state index contributed by atoms with van der Waals surface area (Å²) in [5.74, 6) is -0.171. The molecule has 7 nitrogen and oxygen atoms in total. The van der Waals surface area contributed by atoms with Gasteiger partial charge in [-0.1, -0.05) is 38.5 Å². The number of aliphatic hydroxyl groups is 1. The standard InChI is InChI=1S/C20H23N3O4/c1-3-11(2)15-20(27)21-14-7-5-4-6-12(14)8-23(15)17-16(18(25)19(17)26)22-9-13(24)10-22/h4-7,11,13,15,24H,3,8-10H2,1-2H3,(H,21,27)/t11-,15?/m0/s1. The highest BCUT2D eigenvalue weighted by molar-refractivity contribution is 6.00. The van der Waals surface area contributed by atoms with Gasteiger partial charge in [-0.2, -0.15) is 0 Å². The number of β-amino-alcohol motifs (C(OH)–C–C–N with tert-alkyl or cyclic N) is 1. The summed E-state index contributed by atoms with van der Waals surface area (Å²) in [6, 6.07) is 6.97. The summed E-state index contributed by atoms with van der Waals surface area (Å²) in [6.07, 6.45) is 0.277. The van der Waals surface area contributed by atoms with E-state index in [9.17, 15) is 19.5 Å². The Morgan fingerprint density at radius 3 is 2.48 bits per heavy atom. The monoisotopic (exact) mass is 369 g/mol. The van der Waals surface area contributed by atoms with Crippen LogP contribution in [0.3, 0.4) is 0 Å². The summed E-state index contributed by atoms with van der Waals surface area (Å²) in [6.45, 7) is 5.03. The van der Waals surface area contributed by atoms with Crippen LogP contribution in [0.1, 0.15) is 25.8 Å². The lowest BCUT2D eigenvalue weighted by atomic mass is 9.94. The summed E-state index contributed by atoms with van der Waals surface area (Å²) >= 11 is 0. The van der Waals surface area contributed by atoms with Crippen LogP contribution in [-0.4, -0.2) is 36.2 Å². The first-order chi connectivity index (χ1) is 12.9. The molecule has 0 bridgehead atoms. The van der Waals surface area contributed by atoms with E-state index >= 15 is 0 Å². The average Bonchev–Trinajstić information content (AvgIpc) is 2.77. The van der Waals surface area contributed by atoms with Crippen LogP contribution in [-0.2, 0) is 11.3 Å². The van der Waals surface area contributed by atoms with Gasteiger partial charge in [0.1, 0.15) is 17.4 Å². The fraction of sp³-hybridized carbons (Fsp3) is 0.450. The molecule has 2 aliphatic rings. The Morgan fingerprint density at radius 2 is 1.81 bits per heavy atom. The van der Waals surface area contributed by atoms with Crippen molar-refractivity contribution in [2.24, 2.45) is 5.92 Å². The minimum Gasteiger partial charge on any atom is -0.389 e. The third-order valence-electron chi connectivity index (χ3n) is 5.73. The predicted molar refractivity (Wildman–Crippen MR) is 104 cm³/mol. The molecule has 1 amide bonds. The zero-order valence-electron chi connectivity index (χ0n) is 15.4. The molecule has 0 aliphatic carbocycles. The van der Waals surface area contributed by atoms with Crippen molar-refractivity contribution in [2.75, 3.05) is 28.2 Å². The van der Waals surface area contributed by atoms with Crippen LogP contribution in [0.15, 0.2) is 33.9 Å². The lowest BCUT2D eigenvalue weighted by Crippen LogP contribution is -2.58. The molecule has 1 saturated heterocycles. The number of hydrogen-bond acceptors (Lipinski definition) is 6. The molecule has 142 valence electrons. The Labute approximate surface area is 156 Å². The maximum Gasteiger partial charge on any atom is 0.253 e. The number of amides is 1. The number of para-hydroxylation sites is 1. The second-order valence-electron chi connectivity index (χ2n) is 7.52. The summed E-state index contributed by atoms with van der Waals surface area (Å²) < 4.78 is 0. The molecule has 1 unspecified atom stereocenters. The zero-order chi connectivity index (χ0) is 19.3. The molecule has 0 aromatic heterocycles. The van der Waals surface area contributed by atoms with E-state index in [4.69, 9.17) is 0 Å². The highest BCUT2D eigenvalue weighted by Gasteiger charge is 2.41. The first-order valence-electron chi connectivity index (χ1n) is 9.34. The third kappa shape index (κ3) is 2.73. The molecule has 2 atom stereocenters. The van der Waals surface area contributed by atoms with E-state index < -0.39 is 23.0 Å². The maximum absolute atomic E-state index is 13.0. The number of fused-ring (bicyclic) bond motifs is 1. The second-order valence-corrected chi connectivity index (χ2v) is 7.52. The van der Waals surface area contributed by atoms with Crippen molar-refractivity contribution in [3.63, 3.8) is 0 Å². The van der Waals surface area contributed by atoms with Crippen LogP contribution >= 0.6 is 0 Å². The molecule has 2 aromatic carbocycles.